The maximum Gasteiger partial charge on any atom is 0.510 e. The van der Waals surface area contributed by atoms with Gasteiger partial charge in [-0.3, -0.25) is 0 Å². The third-order valence-corrected chi connectivity index (χ3v) is 1.03. The lowest BCUT2D eigenvalue weighted by Crippen LogP contribution is -2.30. The van der Waals surface area contributed by atoms with Crippen molar-refractivity contribution in [3.63, 3.8) is 0 Å². The first-order chi connectivity index (χ1) is 5.77. The molecule has 1 heterocycles. The minimum absolute atomic E-state index is 0.850. The lowest BCUT2D eigenvalue weighted by atomic mass is 10.5. The summed E-state index contributed by atoms with van der Waals surface area (Å²) in [6.45, 7) is 6.83. The van der Waals surface area contributed by atoms with E-state index in [9.17, 15) is 4.79 Å². The third kappa shape index (κ3) is 8.93. The fraction of sp³-hybridized carbons (Fsp3) is 0.571. The van der Waals surface area contributed by atoms with Crippen molar-refractivity contribution in [2.24, 2.45) is 0 Å². The number of carboxylic acid groups (broad SMARTS) is 1. The molecule has 12 heavy (non-hydrogen) atoms. The van der Waals surface area contributed by atoms with Gasteiger partial charge in [-0.15, -0.1) is 0 Å². The SMILES string of the molecule is C1COCCN1.C=COC(=O)O. The number of ether oxygens (including phenoxy) is 2. The van der Waals surface area contributed by atoms with Gasteiger partial charge in [-0.2, -0.15) is 0 Å². The van der Waals surface area contributed by atoms with Crippen LogP contribution in [-0.2, 0) is 9.47 Å². The first-order valence-electron chi connectivity index (χ1n) is 3.56. The molecule has 1 aliphatic heterocycles. The molecule has 0 radical (unpaired) electrons. The first-order valence-corrected chi connectivity index (χ1v) is 3.56. The van der Waals surface area contributed by atoms with E-state index in [0.717, 1.165) is 32.6 Å². The summed E-state index contributed by atoms with van der Waals surface area (Å²) < 4.78 is 8.73. The van der Waals surface area contributed by atoms with Crippen LogP contribution in [0.4, 0.5) is 4.79 Å². The van der Waals surface area contributed by atoms with Crippen molar-refractivity contribution in [2.75, 3.05) is 26.3 Å². The molecule has 1 fully saturated rings. The zero-order valence-corrected chi connectivity index (χ0v) is 6.78. The van der Waals surface area contributed by atoms with Crippen LogP contribution in [0.2, 0.25) is 0 Å². The van der Waals surface area contributed by atoms with E-state index in [1.807, 2.05) is 0 Å². The highest BCUT2D eigenvalue weighted by molar-refractivity contribution is 5.57. The molecule has 1 saturated heterocycles. The van der Waals surface area contributed by atoms with Gasteiger partial charge in [-0.1, -0.05) is 6.58 Å². The molecule has 0 aromatic rings. The summed E-state index contributed by atoms with van der Waals surface area (Å²) in [6, 6.07) is 0. The molecule has 1 aliphatic rings. The van der Waals surface area contributed by atoms with E-state index in [-0.39, 0.29) is 0 Å². The Kier molecular flexibility index (Phi) is 7.31. The molecular formula is C7H13NO4. The van der Waals surface area contributed by atoms with E-state index in [1.165, 1.54) is 0 Å². The van der Waals surface area contributed by atoms with Crippen molar-refractivity contribution in [1.82, 2.24) is 5.32 Å². The van der Waals surface area contributed by atoms with Crippen LogP contribution in [0.25, 0.3) is 0 Å². The Bertz CT molecular complexity index is 122. The van der Waals surface area contributed by atoms with E-state index in [2.05, 4.69) is 16.6 Å². The van der Waals surface area contributed by atoms with E-state index >= 15 is 0 Å². The molecule has 0 amide bonds. The summed E-state index contributed by atoms with van der Waals surface area (Å²) in [5, 5.41) is 10.8. The van der Waals surface area contributed by atoms with Gasteiger partial charge in [0.15, 0.2) is 0 Å². The number of hydrogen-bond acceptors (Lipinski definition) is 4. The van der Waals surface area contributed by atoms with Crippen molar-refractivity contribution in [3.8, 4) is 0 Å². The first kappa shape index (κ1) is 10.9. The Balaban J connectivity index is 0.000000202. The van der Waals surface area contributed by atoms with Crippen LogP contribution < -0.4 is 5.32 Å². The minimum atomic E-state index is -1.33. The van der Waals surface area contributed by atoms with E-state index < -0.39 is 6.16 Å². The maximum absolute atomic E-state index is 9.31. The normalized spacial score (nSPS) is 15.3. The molecular weight excluding hydrogens is 162 g/mol. The standard InChI is InChI=1S/C4H9NO.C3H4O3/c1-3-6-4-2-5-1;1-2-6-3(4)5/h5H,1-4H2;2H,1H2,(H,4,5). The molecule has 0 unspecified atom stereocenters. The minimum Gasteiger partial charge on any atom is -0.449 e. The molecule has 5 heteroatoms. The van der Waals surface area contributed by atoms with Crippen LogP contribution >= 0.6 is 0 Å². The molecule has 0 aliphatic carbocycles. The van der Waals surface area contributed by atoms with Gasteiger partial charge in [0.05, 0.1) is 19.5 Å². The molecule has 1 rings (SSSR count). The molecule has 0 aromatic heterocycles. The highest BCUT2D eigenvalue weighted by Crippen LogP contribution is 1.76. The second-order valence-corrected chi connectivity index (χ2v) is 1.91. The fourth-order valence-corrected chi connectivity index (χ4v) is 0.587. The van der Waals surface area contributed by atoms with Crippen molar-refractivity contribution in [2.45, 2.75) is 0 Å². The summed E-state index contributed by atoms with van der Waals surface area (Å²) in [5.74, 6) is 0. The molecule has 0 bridgehead atoms. The van der Waals surface area contributed by atoms with E-state index in [0.29, 0.717) is 0 Å². The van der Waals surface area contributed by atoms with Gasteiger partial charge < -0.3 is 19.9 Å². The van der Waals surface area contributed by atoms with Gasteiger partial charge in [0.25, 0.3) is 0 Å². The summed E-state index contributed by atoms with van der Waals surface area (Å²) in [5.41, 5.74) is 0. The van der Waals surface area contributed by atoms with E-state index in [4.69, 9.17) is 9.84 Å². The average molecular weight is 175 g/mol. The molecule has 0 aromatic carbocycles. The summed E-state index contributed by atoms with van der Waals surface area (Å²) >= 11 is 0. The van der Waals surface area contributed by atoms with E-state index in [1.54, 1.807) is 0 Å². The number of carbonyl (C=O) groups is 1. The quantitative estimate of drug-likeness (QED) is 0.447. The highest BCUT2D eigenvalue weighted by Gasteiger charge is 1.92. The van der Waals surface area contributed by atoms with Gasteiger partial charge in [0.1, 0.15) is 0 Å². The van der Waals surface area contributed by atoms with Gasteiger partial charge >= 0.3 is 6.16 Å². The average Bonchev–Trinajstić information content (AvgIpc) is 2.08. The topological polar surface area (TPSA) is 67.8 Å². The van der Waals surface area contributed by atoms with Gasteiger partial charge in [0.2, 0.25) is 0 Å². The number of rotatable bonds is 1. The molecule has 70 valence electrons. The molecule has 0 saturated carbocycles. The smallest absolute Gasteiger partial charge is 0.449 e. The predicted molar refractivity (Wildman–Crippen MR) is 43.0 cm³/mol. The number of morpholine rings is 1. The van der Waals surface area contributed by atoms with Crippen LogP contribution in [0.15, 0.2) is 12.8 Å². The number of nitrogens with one attached hydrogen (secondary N) is 1. The van der Waals surface area contributed by atoms with Crippen LogP contribution in [0, 0.1) is 0 Å². The predicted octanol–water partition coefficient (Wildman–Crippen LogP) is 0.431. The lowest BCUT2D eigenvalue weighted by molar-refractivity contribution is 0.109. The van der Waals surface area contributed by atoms with Crippen LogP contribution in [-0.4, -0.2) is 37.6 Å². The number of hydrogen-bond donors (Lipinski definition) is 2. The van der Waals surface area contributed by atoms with Crippen molar-refractivity contribution in [3.05, 3.63) is 12.8 Å². The molecule has 0 spiro atoms. The van der Waals surface area contributed by atoms with Crippen LogP contribution in [0.3, 0.4) is 0 Å². The van der Waals surface area contributed by atoms with Crippen molar-refractivity contribution >= 4 is 6.16 Å². The maximum atomic E-state index is 9.31. The largest absolute Gasteiger partial charge is 0.510 e. The Morgan fingerprint density at radius 2 is 2.17 bits per heavy atom. The Morgan fingerprint density at radius 1 is 1.58 bits per heavy atom. The van der Waals surface area contributed by atoms with Crippen LogP contribution in [0.1, 0.15) is 0 Å². The molecule has 5 nitrogen and oxygen atoms in total. The Morgan fingerprint density at radius 3 is 2.25 bits per heavy atom. The third-order valence-electron chi connectivity index (χ3n) is 1.03. The lowest BCUT2D eigenvalue weighted by Gasteiger charge is -2.10. The zero-order chi connectivity index (χ0) is 9.23. The zero-order valence-electron chi connectivity index (χ0n) is 6.78. The van der Waals surface area contributed by atoms with Crippen molar-refractivity contribution in [1.29, 1.82) is 0 Å². The summed E-state index contributed by atoms with van der Waals surface area (Å²) in [6.07, 6.45) is -0.479. The second-order valence-electron chi connectivity index (χ2n) is 1.91. The Hall–Kier alpha value is -1.07. The molecule has 2 N–H and O–H groups in total. The van der Waals surface area contributed by atoms with Gasteiger partial charge in [0, 0.05) is 13.1 Å². The monoisotopic (exact) mass is 175 g/mol. The fourth-order valence-electron chi connectivity index (χ4n) is 0.587. The second kappa shape index (κ2) is 8.03. The Labute approximate surface area is 71.0 Å². The van der Waals surface area contributed by atoms with Crippen molar-refractivity contribution < 1.29 is 19.4 Å². The highest BCUT2D eigenvalue weighted by atomic mass is 16.7. The van der Waals surface area contributed by atoms with Gasteiger partial charge in [-0.25, -0.2) is 4.79 Å². The van der Waals surface area contributed by atoms with Crippen LogP contribution in [0.5, 0.6) is 0 Å². The molecule has 0 atom stereocenters. The van der Waals surface area contributed by atoms with Gasteiger partial charge in [-0.05, 0) is 0 Å². The summed E-state index contributed by atoms with van der Waals surface area (Å²) in [4.78, 5) is 9.31. The summed E-state index contributed by atoms with van der Waals surface area (Å²) in [7, 11) is 0.